The van der Waals surface area contributed by atoms with Crippen LogP contribution in [0, 0.1) is 0 Å². The van der Waals surface area contributed by atoms with Gasteiger partial charge in [0.2, 0.25) is 0 Å². The van der Waals surface area contributed by atoms with E-state index in [0.717, 1.165) is 61.8 Å². The van der Waals surface area contributed by atoms with Crippen molar-refractivity contribution in [3.05, 3.63) is 29.4 Å². The van der Waals surface area contributed by atoms with Crippen LogP contribution in [0.15, 0.2) is 23.7 Å². The Labute approximate surface area is 151 Å². The van der Waals surface area contributed by atoms with Crippen LogP contribution >= 0.6 is 11.3 Å². The van der Waals surface area contributed by atoms with E-state index in [4.69, 9.17) is 4.74 Å². The van der Waals surface area contributed by atoms with E-state index in [2.05, 4.69) is 15.3 Å². The standard InChI is InChI=1S/C18H22N4O2S/c23-18-15-12-25-17(21-15)13-5-7-20-16(10-13)19-6-1-2-9-24-11-14-4-3-8-22(14)18/h5,7,10,12,14H,1-4,6,8-9,11H2,(H,19,20). The summed E-state index contributed by atoms with van der Waals surface area (Å²) in [5.74, 6) is 0.862. The first-order chi connectivity index (χ1) is 12.3. The molecule has 6 nitrogen and oxygen atoms in total. The molecule has 0 aliphatic carbocycles. The van der Waals surface area contributed by atoms with E-state index in [1.807, 2.05) is 22.4 Å². The summed E-state index contributed by atoms with van der Waals surface area (Å²) in [6.07, 6.45) is 5.86. The van der Waals surface area contributed by atoms with Gasteiger partial charge in [-0.2, -0.15) is 0 Å². The number of carbonyl (C=O) groups is 1. The molecule has 7 heteroatoms. The molecule has 0 saturated carbocycles. The number of pyridine rings is 1. The minimum absolute atomic E-state index is 0.0214. The third-order valence-electron chi connectivity index (χ3n) is 4.70. The predicted octanol–water partition coefficient (Wildman–Crippen LogP) is 3.03. The number of anilines is 1. The van der Waals surface area contributed by atoms with E-state index in [0.29, 0.717) is 12.3 Å². The molecule has 1 atom stereocenters. The molecule has 0 spiro atoms. The number of ether oxygens (including phenoxy) is 1. The molecule has 1 unspecified atom stereocenters. The fourth-order valence-corrected chi connectivity index (χ4v) is 4.14. The summed E-state index contributed by atoms with van der Waals surface area (Å²) in [5.41, 5.74) is 1.53. The van der Waals surface area contributed by atoms with Crippen LogP contribution in [-0.4, -0.2) is 53.1 Å². The van der Waals surface area contributed by atoms with Crippen molar-refractivity contribution in [2.45, 2.75) is 31.7 Å². The zero-order valence-corrected chi connectivity index (χ0v) is 14.9. The Morgan fingerprint density at radius 2 is 2.28 bits per heavy atom. The average molecular weight is 358 g/mol. The summed E-state index contributed by atoms with van der Waals surface area (Å²) in [7, 11) is 0. The topological polar surface area (TPSA) is 67.3 Å². The monoisotopic (exact) mass is 358 g/mol. The van der Waals surface area contributed by atoms with E-state index in [9.17, 15) is 4.79 Å². The quantitative estimate of drug-likeness (QED) is 0.784. The van der Waals surface area contributed by atoms with E-state index in [1.165, 1.54) is 11.3 Å². The lowest BCUT2D eigenvalue weighted by molar-refractivity contribution is 0.0529. The zero-order chi connectivity index (χ0) is 17.1. The van der Waals surface area contributed by atoms with E-state index in [1.54, 1.807) is 6.20 Å². The van der Waals surface area contributed by atoms with Crippen molar-refractivity contribution < 1.29 is 9.53 Å². The summed E-state index contributed by atoms with van der Waals surface area (Å²) < 4.78 is 5.82. The van der Waals surface area contributed by atoms with Crippen LogP contribution in [0.25, 0.3) is 10.6 Å². The molecule has 2 aromatic rings. The Morgan fingerprint density at radius 3 is 3.24 bits per heavy atom. The minimum atomic E-state index is 0.0214. The van der Waals surface area contributed by atoms with Gasteiger partial charge in [-0.25, -0.2) is 9.97 Å². The van der Waals surface area contributed by atoms with Gasteiger partial charge in [-0.15, -0.1) is 11.3 Å². The normalized spacial score (nSPS) is 21.7. The van der Waals surface area contributed by atoms with Gasteiger partial charge in [-0.1, -0.05) is 0 Å². The largest absolute Gasteiger partial charge is 0.379 e. The maximum Gasteiger partial charge on any atom is 0.273 e. The van der Waals surface area contributed by atoms with Gasteiger partial charge in [0, 0.05) is 36.8 Å². The maximum atomic E-state index is 12.9. The van der Waals surface area contributed by atoms with Crippen molar-refractivity contribution >= 4 is 23.1 Å². The highest BCUT2D eigenvalue weighted by molar-refractivity contribution is 7.13. The zero-order valence-electron chi connectivity index (χ0n) is 14.1. The Morgan fingerprint density at radius 1 is 1.32 bits per heavy atom. The lowest BCUT2D eigenvalue weighted by Crippen LogP contribution is -2.38. The van der Waals surface area contributed by atoms with E-state index in [-0.39, 0.29) is 11.9 Å². The Kier molecular flexibility index (Phi) is 4.94. The summed E-state index contributed by atoms with van der Waals surface area (Å²) in [6.45, 7) is 3.02. The first-order valence-corrected chi connectivity index (χ1v) is 9.74. The van der Waals surface area contributed by atoms with Gasteiger partial charge in [0.25, 0.3) is 5.91 Å². The van der Waals surface area contributed by atoms with Crippen LogP contribution in [0.2, 0.25) is 0 Å². The fraction of sp³-hybridized carbons (Fsp3) is 0.500. The number of nitrogens with one attached hydrogen (secondary N) is 1. The Balaban J connectivity index is 1.63. The second kappa shape index (κ2) is 7.49. The molecule has 2 aliphatic heterocycles. The summed E-state index contributed by atoms with van der Waals surface area (Å²) >= 11 is 1.50. The molecule has 4 bridgehead atoms. The molecule has 1 N–H and O–H groups in total. The lowest BCUT2D eigenvalue weighted by atomic mass is 10.2. The molecule has 1 amide bonds. The number of thiazole rings is 1. The van der Waals surface area contributed by atoms with Crippen molar-refractivity contribution in [1.29, 1.82) is 0 Å². The van der Waals surface area contributed by atoms with Gasteiger partial charge in [-0.3, -0.25) is 4.79 Å². The van der Waals surface area contributed by atoms with Crippen molar-refractivity contribution in [2.75, 3.05) is 31.6 Å². The molecular weight excluding hydrogens is 336 g/mol. The van der Waals surface area contributed by atoms with E-state index >= 15 is 0 Å². The first kappa shape index (κ1) is 16.5. The Bertz CT molecular complexity index is 748. The smallest absolute Gasteiger partial charge is 0.273 e. The number of aromatic nitrogens is 2. The Hall–Kier alpha value is -1.99. The highest BCUT2D eigenvalue weighted by Crippen LogP contribution is 2.27. The van der Waals surface area contributed by atoms with Crippen molar-refractivity contribution in [1.82, 2.24) is 14.9 Å². The number of hydrogen-bond acceptors (Lipinski definition) is 6. The summed E-state index contributed by atoms with van der Waals surface area (Å²) in [5, 5.41) is 6.06. The molecule has 2 aliphatic rings. The number of rotatable bonds is 0. The van der Waals surface area contributed by atoms with Crippen molar-refractivity contribution in [2.24, 2.45) is 0 Å². The molecule has 132 valence electrons. The highest BCUT2D eigenvalue weighted by atomic mass is 32.1. The molecule has 25 heavy (non-hydrogen) atoms. The SMILES string of the molecule is O=C1c2csc(n2)-c2ccnc(c2)NCCCCOCC2CCCN12. The van der Waals surface area contributed by atoms with Gasteiger partial charge in [0.1, 0.15) is 16.5 Å². The van der Waals surface area contributed by atoms with Crippen LogP contribution in [-0.2, 0) is 4.74 Å². The summed E-state index contributed by atoms with van der Waals surface area (Å²) in [6, 6.07) is 4.11. The molecule has 1 saturated heterocycles. The van der Waals surface area contributed by atoms with Gasteiger partial charge >= 0.3 is 0 Å². The lowest BCUT2D eigenvalue weighted by Gasteiger charge is -2.24. The number of amides is 1. The van der Waals surface area contributed by atoms with Crippen LogP contribution in [0.4, 0.5) is 5.82 Å². The molecule has 0 radical (unpaired) electrons. The van der Waals surface area contributed by atoms with Crippen LogP contribution in [0.1, 0.15) is 36.2 Å². The molecule has 4 heterocycles. The fourth-order valence-electron chi connectivity index (χ4n) is 3.35. The number of nitrogens with zero attached hydrogens (tertiary/aromatic N) is 3. The number of carbonyl (C=O) groups excluding carboxylic acids is 1. The third kappa shape index (κ3) is 3.67. The second-order valence-electron chi connectivity index (χ2n) is 6.47. The minimum Gasteiger partial charge on any atom is -0.379 e. The molecule has 1 fully saturated rings. The second-order valence-corrected chi connectivity index (χ2v) is 7.33. The van der Waals surface area contributed by atoms with Crippen LogP contribution in [0.5, 0.6) is 0 Å². The average Bonchev–Trinajstić information content (AvgIpc) is 3.29. The highest BCUT2D eigenvalue weighted by Gasteiger charge is 2.30. The van der Waals surface area contributed by atoms with Crippen LogP contribution < -0.4 is 5.32 Å². The predicted molar refractivity (Wildman–Crippen MR) is 97.9 cm³/mol. The van der Waals surface area contributed by atoms with Crippen molar-refractivity contribution in [3.63, 3.8) is 0 Å². The third-order valence-corrected chi connectivity index (χ3v) is 5.59. The maximum absolute atomic E-state index is 12.9. The van der Waals surface area contributed by atoms with Crippen molar-refractivity contribution in [3.8, 4) is 10.6 Å². The van der Waals surface area contributed by atoms with E-state index < -0.39 is 0 Å². The number of fused-ring (bicyclic) bond motifs is 6. The first-order valence-electron chi connectivity index (χ1n) is 8.86. The van der Waals surface area contributed by atoms with Crippen LogP contribution in [0.3, 0.4) is 0 Å². The molecule has 2 aromatic heterocycles. The summed E-state index contributed by atoms with van der Waals surface area (Å²) in [4.78, 5) is 23.7. The van der Waals surface area contributed by atoms with Gasteiger partial charge in [0.05, 0.1) is 12.6 Å². The molecule has 0 aromatic carbocycles. The van der Waals surface area contributed by atoms with Gasteiger partial charge < -0.3 is 15.0 Å². The molecule has 4 rings (SSSR count). The van der Waals surface area contributed by atoms with Gasteiger partial charge in [0.15, 0.2) is 0 Å². The molecular formula is C18H22N4O2S. The number of hydrogen-bond donors (Lipinski definition) is 1. The van der Waals surface area contributed by atoms with Gasteiger partial charge in [-0.05, 0) is 37.8 Å².